The third kappa shape index (κ3) is 4.26. The fourth-order valence-electron chi connectivity index (χ4n) is 1.63. The molecule has 4 heteroatoms. The summed E-state index contributed by atoms with van der Waals surface area (Å²) in [5, 5.41) is 0. The Bertz CT molecular complexity index is 398. The molecule has 1 aromatic rings. The van der Waals surface area contributed by atoms with E-state index in [0.29, 0.717) is 6.42 Å². The number of hydrogen-bond donors (Lipinski definition) is 1. The van der Waals surface area contributed by atoms with E-state index in [-0.39, 0.29) is 24.2 Å². The van der Waals surface area contributed by atoms with Gasteiger partial charge in [0.1, 0.15) is 0 Å². The Morgan fingerprint density at radius 1 is 1.24 bits per heavy atom. The van der Waals surface area contributed by atoms with Gasteiger partial charge in [-0.15, -0.1) is 0 Å². The van der Waals surface area contributed by atoms with Gasteiger partial charge in [-0.05, 0) is 17.5 Å². The van der Waals surface area contributed by atoms with E-state index in [0.717, 1.165) is 11.1 Å². The van der Waals surface area contributed by atoms with Crippen LogP contribution in [0.1, 0.15) is 18.1 Å². The number of primary amides is 1. The molecule has 0 heterocycles. The number of ether oxygens (including phenoxy) is 1. The number of carbonyl (C=O) groups excluding carboxylic acids is 2. The van der Waals surface area contributed by atoms with Crippen LogP contribution in [0.2, 0.25) is 0 Å². The summed E-state index contributed by atoms with van der Waals surface area (Å²) in [6.07, 6.45) is 0.871. The summed E-state index contributed by atoms with van der Waals surface area (Å²) in [5.41, 5.74) is 7.02. The van der Waals surface area contributed by atoms with Crippen LogP contribution < -0.4 is 5.73 Å². The summed E-state index contributed by atoms with van der Waals surface area (Å²) in [4.78, 5) is 22.0. The second-order valence-corrected chi connectivity index (χ2v) is 4.09. The molecule has 0 saturated heterocycles. The van der Waals surface area contributed by atoms with Gasteiger partial charge < -0.3 is 10.5 Å². The Hall–Kier alpha value is -1.84. The average Bonchev–Trinajstić information content (AvgIpc) is 2.30. The lowest BCUT2D eigenvalue weighted by Crippen LogP contribution is -2.15. The molecule has 17 heavy (non-hydrogen) atoms. The third-order valence-corrected chi connectivity index (χ3v) is 2.55. The first-order valence-corrected chi connectivity index (χ1v) is 5.47. The molecule has 0 saturated carbocycles. The molecule has 0 aromatic heterocycles. The highest BCUT2D eigenvalue weighted by Gasteiger charge is 2.13. The van der Waals surface area contributed by atoms with E-state index in [1.165, 1.54) is 7.11 Å². The smallest absolute Gasteiger partial charge is 0.308 e. The number of benzene rings is 1. The third-order valence-electron chi connectivity index (χ3n) is 2.55. The quantitative estimate of drug-likeness (QED) is 0.776. The van der Waals surface area contributed by atoms with Crippen LogP contribution in [-0.4, -0.2) is 19.0 Å². The lowest BCUT2D eigenvalue weighted by Gasteiger charge is -2.09. The lowest BCUT2D eigenvalue weighted by molar-refractivity contribution is -0.144. The maximum Gasteiger partial charge on any atom is 0.308 e. The van der Waals surface area contributed by atoms with Gasteiger partial charge in [0.2, 0.25) is 5.91 Å². The normalized spacial score (nSPS) is 11.9. The fraction of sp³-hybridized carbons (Fsp3) is 0.385. The van der Waals surface area contributed by atoms with Crippen LogP contribution in [0.25, 0.3) is 0 Å². The molecule has 1 amide bonds. The summed E-state index contributed by atoms with van der Waals surface area (Å²) in [5.74, 6) is -0.728. The molecule has 0 aliphatic rings. The zero-order chi connectivity index (χ0) is 12.8. The predicted molar refractivity (Wildman–Crippen MR) is 64.2 cm³/mol. The minimum atomic E-state index is -0.347. The summed E-state index contributed by atoms with van der Waals surface area (Å²) >= 11 is 0. The summed E-state index contributed by atoms with van der Waals surface area (Å²) in [6, 6.07) is 7.50. The Kier molecular flexibility index (Phi) is 4.69. The average molecular weight is 235 g/mol. The van der Waals surface area contributed by atoms with Crippen molar-refractivity contribution in [2.24, 2.45) is 11.7 Å². The van der Waals surface area contributed by atoms with Gasteiger partial charge >= 0.3 is 5.97 Å². The molecule has 1 rings (SSSR count). The van der Waals surface area contributed by atoms with Crippen molar-refractivity contribution >= 4 is 11.9 Å². The van der Waals surface area contributed by atoms with Crippen LogP contribution >= 0.6 is 0 Å². The highest BCUT2D eigenvalue weighted by molar-refractivity contribution is 5.76. The molecule has 0 radical (unpaired) electrons. The minimum absolute atomic E-state index is 0.165. The van der Waals surface area contributed by atoms with Gasteiger partial charge in [0.15, 0.2) is 0 Å². The minimum Gasteiger partial charge on any atom is -0.469 e. The number of hydrogen-bond acceptors (Lipinski definition) is 3. The van der Waals surface area contributed by atoms with Crippen LogP contribution in [0, 0.1) is 5.92 Å². The Balaban J connectivity index is 2.62. The van der Waals surface area contributed by atoms with Crippen molar-refractivity contribution in [2.75, 3.05) is 7.11 Å². The van der Waals surface area contributed by atoms with Crippen molar-refractivity contribution in [3.05, 3.63) is 35.4 Å². The summed E-state index contributed by atoms with van der Waals surface area (Å²) in [6.45, 7) is 1.82. The van der Waals surface area contributed by atoms with Crippen LogP contribution in [0.4, 0.5) is 0 Å². The SMILES string of the molecule is COC(=O)[C@@H](C)Cc1ccc(CC(N)=O)cc1. The lowest BCUT2D eigenvalue weighted by atomic mass is 9.99. The van der Waals surface area contributed by atoms with Crippen molar-refractivity contribution in [1.82, 2.24) is 0 Å². The molecular formula is C13H17NO3. The molecule has 0 bridgehead atoms. The van der Waals surface area contributed by atoms with Crippen LogP contribution in [-0.2, 0) is 27.2 Å². The molecule has 1 aromatic carbocycles. The number of rotatable bonds is 5. The van der Waals surface area contributed by atoms with E-state index < -0.39 is 0 Å². The molecular weight excluding hydrogens is 218 g/mol. The Morgan fingerprint density at radius 2 is 1.76 bits per heavy atom. The van der Waals surface area contributed by atoms with E-state index in [4.69, 9.17) is 5.73 Å². The van der Waals surface area contributed by atoms with Gasteiger partial charge in [0.25, 0.3) is 0 Å². The van der Waals surface area contributed by atoms with Gasteiger partial charge in [-0.1, -0.05) is 31.2 Å². The molecule has 0 fully saturated rings. The van der Waals surface area contributed by atoms with Crippen LogP contribution in [0.3, 0.4) is 0 Å². The second kappa shape index (κ2) is 6.03. The zero-order valence-electron chi connectivity index (χ0n) is 10.1. The molecule has 0 spiro atoms. The van der Waals surface area contributed by atoms with Crippen molar-refractivity contribution in [1.29, 1.82) is 0 Å². The largest absolute Gasteiger partial charge is 0.469 e. The van der Waals surface area contributed by atoms with E-state index in [1.54, 1.807) is 0 Å². The van der Waals surface area contributed by atoms with Gasteiger partial charge in [0, 0.05) is 0 Å². The van der Waals surface area contributed by atoms with Gasteiger partial charge in [0.05, 0.1) is 19.4 Å². The second-order valence-electron chi connectivity index (χ2n) is 4.09. The maximum atomic E-state index is 11.2. The molecule has 92 valence electrons. The highest BCUT2D eigenvalue weighted by atomic mass is 16.5. The summed E-state index contributed by atoms with van der Waals surface area (Å²) in [7, 11) is 1.38. The molecule has 1 atom stereocenters. The van der Waals surface area contributed by atoms with Crippen molar-refractivity contribution < 1.29 is 14.3 Å². The molecule has 2 N–H and O–H groups in total. The first kappa shape index (κ1) is 13.2. The molecule has 0 aliphatic heterocycles. The first-order valence-electron chi connectivity index (χ1n) is 5.47. The predicted octanol–water partition coefficient (Wildman–Crippen LogP) is 1.07. The summed E-state index contributed by atoms with van der Waals surface area (Å²) < 4.78 is 4.66. The number of amides is 1. The number of methoxy groups -OCH3 is 1. The number of esters is 1. The standard InChI is InChI=1S/C13H17NO3/c1-9(13(16)17-2)7-10-3-5-11(6-4-10)8-12(14)15/h3-6,9H,7-8H2,1-2H3,(H2,14,15)/t9-/m0/s1. The number of carbonyl (C=O) groups is 2. The van der Waals surface area contributed by atoms with E-state index in [1.807, 2.05) is 31.2 Å². The van der Waals surface area contributed by atoms with E-state index >= 15 is 0 Å². The van der Waals surface area contributed by atoms with E-state index in [2.05, 4.69) is 4.74 Å². The number of nitrogens with two attached hydrogens (primary N) is 1. The fourth-order valence-corrected chi connectivity index (χ4v) is 1.63. The van der Waals surface area contributed by atoms with Crippen molar-refractivity contribution in [2.45, 2.75) is 19.8 Å². The topological polar surface area (TPSA) is 69.4 Å². The Morgan fingerprint density at radius 3 is 2.24 bits per heavy atom. The van der Waals surface area contributed by atoms with E-state index in [9.17, 15) is 9.59 Å². The van der Waals surface area contributed by atoms with Gasteiger partial charge in [-0.25, -0.2) is 0 Å². The first-order chi connectivity index (χ1) is 8.02. The highest BCUT2D eigenvalue weighted by Crippen LogP contribution is 2.11. The maximum absolute atomic E-state index is 11.2. The van der Waals surface area contributed by atoms with Crippen molar-refractivity contribution in [3.63, 3.8) is 0 Å². The monoisotopic (exact) mass is 235 g/mol. The molecule has 0 unspecified atom stereocenters. The van der Waals surface area contributed by atoms with Gasteiger partial charge in [-0.2, -0.15) is 0 Å². The van der Waals surface area contributed by atoms with Crippen LogP contribution in [0.15, 0.2) is 24.3 Å². The van der Waals surface area contributed by atoms with Crippen molar-refractivity contribution in [3.8, 4) is 0 Å². The molecule has 0 aliphatic carbocycles. The molecule has 4 nitrogen and oxygen atoms in total. The van der Waals surface area contributed by atoms with Crippen LogP contribution in [0.5, 0.6) is 0 Å². The Labute approximate surface area is 101 Å². The van der Waals surface area contributed by atoms with Gasteiger partial charge in [-0.3, -0.25) is 9.59 Å². The zero-order valence-corrected chi connectivity index (χ0v) is 10.1.